The van der Waals surface area contributed by atoms with Crippen LogP contribution in [0.1, 0.15) is 5.69 Å². The van der Waals surface area contributed by atoms with Crippen LogP contribution in [0, 0.1) is 5.82 Å². The molecule has 0 unspecified atom stereocenters. The van der Waals surface area contributed by atoms with Crippen molar-refractivity contribution in [2.75, 3.05) is 0 Å². The fourth-order valence-corrected chi connectivity index (χ4v) is 1.57. The van der Waals surface area contributed by atoms with Crippen molar-refractivity contribution in [3.8, 4) is 11.6 Å². The van der Waals surface area contributed by atoms with Gasteiger partial charge in [0.25, 0.3) is 5.88 Å². The second kappa shape index (κ2) is 5.31. The molecule has 0 saturated carbocycles. The summed E-state index contributed by atoms with van der Waals surface area (Å²) in [6, 6.07) is 11.1. The largest absolute Gasteiger partial charge is 0.436 e. The zero-order valence-corrected chi connectivity index (χ0v) is 11.2. The number of ether oxygens (including phenoxy) is 1. The number of pyridine rings is 1. The molecule has 94 valence electrons. The normalized spacial score (nSPS) is 11.3. The lowest BCUT2D eigenvalue weighted by atomic mass is 10.3. The van der Waals surface area contributed by atoms with Crippen LogP contribution in [0.15, 0.2) is 42.5 Å². The van der Waals surface area contributed by atoms with Crippen LogP contribution < -0.4 is 4.74 Å². The molecule has 0 bridgehead atoms. The van der Waals surface area contributed by atoms with Gasteiger partial charge in [-0.15, -0.1) is 0 Å². The monoisotopic (exact) mass is 305 g/mol. The first-order valence-corrected chi connectivity index (χ1v) is 6.07. The van der Waals surface area contributed by atoms with E-state index in [4.69, 9.17) is 39.5 Å². The van der Waals surface area contributed by atoms with Crippen LogP contribution in [0.4, 0.5) is 4.39 Å². The van der Waals surface area contributed by atoms with Crippen LogP contribution in [-0.4, -0.2) is 4.98 Å². The highest BCUT2D eigenvalue weighted by molar-refractivity contribution is 6.66. The van der Waals surface area contributed by atoms with Gasteiger partial charge in [0, 0.05) is 0 Å². The summed E-state index contributed by atoms with van der Waals surface area (Å²) in [6.07, 6.45) is 0. The maximum Gasteiger partial charge on any atom is 0.256 e. The summed E-state index contributed by atoms with van der Waals surface area (Å²) in [7, 11) is 0. The fourth-order valence-electron chi connectivity index (χ4n) is 1.25. The predicted molar refractivity (Wildman–Crippen MR) is 69.9 cm³/mol. The molecule has 0 fully saturated rings. The maximum absolute atomic E-state index is 13.5. The van der Waals surface area contributed by atoms with Crippen molar-refractivity contribution in [1.82, 2.24) is 4.98 Å². The van der Waals surface area contributed by atoms with Gasteiger partial charge in [0.05, 0.1) is 5.69 Å². The van der Waals surface area contributed by atoms with E-state index in [-0.39, 0.29) is 11.6 Å². The number of para-hydroxylation sites is 1. The zero-order valence-electron chi connectivity index (χ0n) is 8.91. The molecule has 0 atom stereocenters. The van der Waals surface area contributed by atoms with Gasteiger partial charge in [0.2, 0.25) is 3.79 Å². The van der Waals surface area contributed by atoms with Crippen LogP contribution >= 0.6 is 34.8 Å². The minimum absolute atomic E-state index is 0.0971. The van der Waals surface area contributed by atoms with Crippen molar-refractivity contribution < 1.29 is 9.13 Å². The predicted octanol–water partition coefficient (Wildman–Crippen LogP) is 4.84. The lowest BCUT2D eigenvalue weighted by molar-refractivity contribution is 0.421. The van der Waals surface area contributed by atoms with Gasteiger partial charge >= 0.3 is 0 Å². The van der Waals surface area contributed by atoms with Crippen LogP contribution in [0.3, 0.4) is 0 Å². The molecule has 0 aliphatic heterocycles. The van der Waals surface area contributed by atoms with Crippen LogP contribution in [0.25, 0.3) is 0 Å². The molecular formula is C12H7Cl3FNO. The zero-order chi connectivity index (χ0) is 13.2. The van der Waals surface area contributed by atoms with Gasteiger partial charge in [0.15, 0.2) is 5.82 Å². The SMILES string of the molecule is Fc1ccc(C(Cl)(Cl)Cl)nc1Oc1ccccc1. The van der Waals surface area contributed by atoms with Crippen LogP contribution in [0.2, 0.25) is 0 Å². The molecule has 1 aromatic heterocycles. The molecule has 2 nitrogen and oxygen atoms in total. The molecule has 1 heterocycles. The van der Waals surface area contributed by atoms with Crippen LogP contribution in [-0.2, 0) is 3.79 Å². The third kappa shape index (κ3) is 3.25. The highest BCUT2D eigenvalue weighted by atomic mass is 35.6. The second-order valence-electron chi connectivity index (χ2n) is 3.40. The van der Waals surface area contributed by atoms with Gasteiger partial charge in [-0.05, 0) is 24.3 Å². The van der Waals surface area contributed by atoms with Crippen molar-refractivity contribution in [3.63, 3.8) is 0 Å². The summed E-state index contributed by atoms with van der Waals surface area (Å²) in [5, 5.41) is 0. The number of hydrogen-bond donors (Lipinski definition) is 0. The molecule has 0 saturated heterocycles. The molecule has 2 aromatic rings. The van der Waals surface area contributed by atoms with E-state index < -0.39 is 9.61 Å². The van der Waals surface area contributed by atoms with Gasteiger partial charge in [0.1, 0.15) is 5.75 Å². The summed E-state index contributed by atoms with van der Waals surface area (Å²) >= 11 is 17.0. The van der Waals surface area contributed by atoms with E-state index in [9.17, 15) is 4.39 Å². The summed E-state index contributed by atoms with van der Waals surface area (Å²) in [4.78, 5) is 3.85. The molecule has 1 aromatic carbocycles. The van der Waals surface area contributed by atoms with Crippen molar-refractivity contribution in [3.05, 3.63) is 54.0 Å². The Balaban J connectivity index is 2.33. The first kappa shape index (κ1) is 13.4. The highest BCUT2D eigenvalue weighted by Crippen LogP contribution is 2.38. The molecule has 0 amide bonds. The Morgan fingerprint density at radius 3 is 2.28 bits per heavy atom. The lowest BCUT2D eigenvalue weighted by Crippen LogP contribution is -2.05. The molecule has 0 aliphatic carbocycles. The molecule has 0 spiro atoms. The van der Waals surface area contributed by atoms with E-state index in [0.717, 1.165) is 6.07 Å². The van der Waals surface area contributed by atoms with E-state index in [1.807, 2.05) is 6.07 Å². The summed E-state index contributed by atoms with van der Waals surface area (Å²) < 4.78 is 17.1. The quantitative estimate of drug-likeness (QED) is 0.741. The maximum atomic E-state index is 13.5. The number of rotatable bonds is 2. The van der Waals surface area contributed by atoms with E-state index >= 15 is 0 Å². The summed E-state index contributed by atoms with van der Waals surface area (Å²) in [5.74, 6) is -0.410. The molecule has 0 N–H and O–H groups in total. The lowest BCUT2D eigenvalue weighted by Gasteiger charge is -2.12. The van der Waals surface area contributed by atoms with Gasteiger partial charge in [-0.25, -0.2) is 9.37 Å². The Hall–Kier alpha value is -1.03. The van der Waals surface area contributed by atoms with Crippen molar-refractivity contribution in [2.24, 2.45) is 0 Å². The number of halogens is 4. The van der Waals surface area contributed by atoms with E-state index in [1.165, 1.54) is 6.07 Å². The van der Waals surface area contributed by atoms with Gasteiger partial charge in [-0.3, -0.25) is 0 Å². The Bertz CT molecular complexity index is 543. The van der Waals surface area contributed by atoms with E-state index in [0.29, 0.717) is 5.75 Å². The molecule has 0 aliphatic rings. The average Bonchev–Trinajstić information content (AvgIpc) is 2.32. The molecule has 18 heavy (non-hydrogen) atoms. The smallest absolute Gasteiger partial charge is 0.256 e. The molecule has 6 heteroatoms. The van der Waals surface area contributed by atoms with E-state index in [2.05, 4.69) is 4.98 Å². The first-order valence-electron chi connectivity index (χ1n) is 4.93. The summed E-state index contributed by atoms with van der Waals surface area (Å²) in [5.41, 5.74) is 0.0971. The summed E-state index contributed by atoms with van der Waals surface area (Å²) in [6.45, 7) is 0. The first-order chi connectivity index (χ1) is 8.47. The number of nitrogens with zero attached hydrogens (tertiary/aromatic N) is 1. The Labute approximate surface area is 118 Å². The Kier molecular flexibility index (Phi) is 3.95. The topological polar surface area (TPSA) is 22.1 Å². The molecule has 2 rings (SSSR count). The third-order valence-electron chi connectivity index (χ3n) is 2.06. The molecular weight excluding hydrogens is 299 g/mol. The van der Waals surface area contributed by atoms with Gasteiger partial charge in [-0.2, -0.15) is 0 Å². The standard InChI is InChI=1S/C12H7Cl3FNO/c13-12(14,15)10-7-6-9(16)11(17-10)18-8-4-2-1-3-5-8/h1-7H. The molecule has 0 radical (unpaired) electrons. The van der Waals surface area contributed by atoms with Crippen LogP contribution in [0.5, 0.6) is 11.6 Å². The average molecular weight is 307 g/mol. The van der Waals surface area contributed by atoms with Gasteiger partial charge < -0.3 is 4.74 Å². The van der Waals surface area contributed by atoms with Crippen molar-refractivity contribution in [2.45, 2.75) is 3.79 Å². The fraction of sp³-hybridized carbons (Fsp3) is 0.0833. The number of hydrogen-bond acceptors (Lipinski definition) is 2. The van der Waals surface area contributed by atoms with Crippen molar-refractivity contribution >= 4 is 34.8 Å². The minimum Gasteiger partial charge on any atom is -0.436 e. The van der Waals surface area contributed by atoms with E-state index in [1.54, 1.807) is 24.3 Å². The number of benzene rings is 1. The number of alkyl halides is 3. The van der Waals surface area contributed by atoms with Gasteiger partial charge in [-0.1, -0.05) is 53.0 Å². The minimum atomic E-state index is -1.72. The Morgan fingerprint density at radius 2 is 1.67 bits per heavy atom. The number of aromatic nitrogens is 1. The Morgan fingerprint density at radius 1 is 1.00 bits per heavy atom. The highest BCUT2D eigenvalue weighted by Gasteiger charge is 2.26. The third-order valence-corrected chi connectivity index (χ3v) is 2.64. The second-order valence-corrected chi connectivity index (χ2v) is 5.68. The van der Waals surface area contributed by atoms with Crippen molar-refractivity contribution in [1.29, 1.82) is 0 Å².